The third kappa shape index (κ3) is 9.84. The van der Waals surface area contributed by atoms with Crippen LogP contribution in [0.25, 0.3) is 0 Å². The van der Waals surface area contributed by atoms with Crippen molar-refractivity contribution in [2.24, 2.45) is 11.8 Å². The van der Waals surface area contributed by atoms with Crippen LogP contribution in [0.1, 0.15) is 60.4 Å². The molecule has 0 spiro atoms. The van der Waals surface area contributed by atoms with Gasteiger partial charge in [-0.05, 0) is 91.5 Å². The maximum absolute atomic E-state index is 13.5. The molecule has 0 fully saturated rings. The molecule has 0 bridgehead atoms. The molecule has 2 heterocycles. The Balaban J connectivity index is 0.000000271. The maximum Gasteiger partial charge on any atom is 0.309 e. The highest BCUT2D eigenvalue weighted by Gasteiger charge is 2.30. The first-order chi connectivity index (χ1) is 19.5. The van der Waals surface area contributed by atoms with Crippen LogP contribution in [-0.4, -0.2) is 24.2 Å². The van der Waals surface area contributed by atoms with E-state index in [0.717, 1.165) is 22.9 Å². The minimum Gasteiger partial charge on any atom is -0.481 e. The van der Waals surface area contributed by atoms with Crippen LogP contribution in [0.2, 0.25) is 0 Å². The number of esters is 1. The summed E-state index contributed by atoms with van der Waals surface area (Å²) in [6, 6.07) is 20.1. The van der Waals surface area contributed by atoms with E-state index in [1.165, 1.54) is 54.0 Å². The standard InChI is InChI=1S/C15H14BrFO2S.C14H12BrFO2S.C2H6/c1-9(15(18)19-2)14(12-6-7-13(16)20-12)10-4-3-5-11(17)8-10;1-8(14(17)18)13(11-5-6-12(15)19-11)9-3-2-4-10(16)7-9;1-2/h3-9,14H,1-2H3;2-8,13H,1H3,(H,17,18);1-2H3. The summed E-state index contributed by atoms with van der Waals surface area (Å²) >= 11 is 9.80. The maximum atomic E-state index is 13.5. The van der Waals surface area contributed by atoms with Crippen LogP contribution in [-0.2, 0) is 14.3 Å². The zero-order chi connectivity index (χ0) is 30.7. The van der Waals surface area contributed by atoms with Crippen molar-refractivity contribution in [1.82, 2.24) is 0 Å². The number of carboxylic acids is 1. The van der Waals surface area contributed by atoms with Crippen LogP contribution in [0.4, 0.5) is 8.78 Å². The van der Waals surface area contributed by atoms with Crippen LogP contribution in [0.5, 0.6) is 0 Å². The van der Waals surface area contributed by atoms with Gasteiger partial charge in [-0.3, -0.25) is 9.59 Å². The number of benzene rings is 2. The average Bonchev–Trinajstić information content (AvgIpc) is 3.57. The molecule has 4 aromatic rings. The summed E-state index contributed by atoms with van der Waals surface area (Å²) in [4.78, 5) is 25.1. The summed E-state index contributed by atoms with van der Waals surface area (Å²) in [5, 5.41) is 9.25. The fourth-order valence-corrected chi connectivity index (χ4v) is 7.57. The number of hydrogen-bond donors (Lipinski definition) is 1. The van der Waals surface area contributed by atoms with Crippen LogP contribution in [0, 0.1) is 23.5 Å². The number of methoxy groups -OCH3 is 1. The van der Waals surface area contributed by atoms with Crippen LogP contribution in [0.15, 0.2) is 80.4 Å². The Bertz CT molecular complexity index is 1420. The smallest absolute Gasteiger partial charge is 0.309 e. The second kappa shape index (κ2) is 16.9. The summed E-state index contributed by atoms with van der Waals surface area (Å²) in [6.45, 7) is 7.44. The number of ether oxygens (including phenoxy) is 1. The van der Waals surface area contributed by atoms with Gasteiger partial charge in [-0.1, -0.05) is 52.0 Å². The zero-order valence-electron chi connectivity index (χ0n) is 23.2. The molecule has 0 aliphatic heterocycles. The van der Waals surface area contributed by atoms with Crippen molar-refractivity contribution in [2.75, 3.05) is 7.11 Å². The van der Waals surface area contributed by atoms with Crippen LogP contribution < -0.4 is 0 Å². The Hall–Kier alpha value is -2.40. The van der Waals surface area contributed by atoms with Gasteiger partial charge >= 0.3 is 11.9 Å². The molecule has 0 aliphatic carbocycles. The lowest BCUT2D eigenvalue weighted by atomic mass is 9.86. The molecule has 4 rings (SSSR count). The van der Waals surface area contributed by atoms with E-state index in [0.29, 0.717) is 5.56 Å². The second-order valence-electron chi connectivity index (χ2n) is 8.79. The van der Waals surface area contributed by atoms with E-state index < -0.39 is 11.9 Å². The van der Waals surface area contributed by atoms with Crippen molar-refractivity contribution in [1.29, 1.82) is 0 Å². The molecule has 4 atom stereocenters. The topological polar surface area (TPSA) is 63.6 Å². The predicted octanol–water partition coefficient (Wildman–Crippen LogP) is 10.1. The van der Waals surface area contributed by atoms with E-state index in [9.17, 15) is 23.5 Å². The van der Waals surface area contributed by atoms with E-state index in [1.54, 1.807) is 32.0 Å². The van der Waals surface area contributed by atoms with E-state index in [4.69, 9.17) is 4.74 Å². The molecule has 220 valence electrons. The Kier molecular flexibility index (Phi) is 14.3. The Morgan fingerprint density at radius 2 is 1.17 bits per heavy atom. The van der Waals surface area contributed by atoms with Gasteiger partial charge in [0.1, 0.15) is 11.6 Å². The molecular formula is C31H32Br2F2O4S2. The second-order valence-corrected chi connectivity index (χ2v) is 13.8. The van der Waals surface area contributed by atoms with Crippen molar-refractivity contribution in [2.45, 2.75) is 39.5 Å². The summed E-state index contributed by atoms with van der Waals surface area (Å²) in [6.07, 6.45) is 0. The van der Waals surface area contributed by atoms with Gasteiger partial charge in [0.25, 0.3) is 0 Å². The molecule has 41 heavy (non-hydrogen) atoms. The normalized spacial score (nSPS) is 13.4. The third-order valence-corrected chi connectivity index (χ3v) is 9.59. The molecule has 0 amide bonds. The van der Waals surface area contributed by atoms with Gasteiger partial charge in [0, 0.05) is 21.6 Å². The van der Waals surface area contributed by atoms with Crippen LogP contribution >= 0.6 is 54.5 Å². The van der Waals surface area contributed by atoms with Gasteiger partial charge in [0.05, 0.1) is 26.5 Å². The molecule has 10 heteroatoms. The highest BCUT2D eigenvalue weighted by molar-refractivity contribution is 9.11. The first kappa shape index (κ1) is 34.8. The molecule has 4 nitrogen and oxygen atoms in total. The minimum absolute atomic E-state index is 0.213. The fourth-order valence-electron chi connectivity index (χ4n) is 4.25. The first-order valence-electron chi connectivity index (χ1n) is 12.8. The summed E-state index contributed by atoms with van der Waals surface area (Å²) in [5.41, 5.74) is 1.46. The summed E-state index contributed by atoms with van der Waals surface area (Å²) in [5.74, 6) is -3.41. The molecule has 1 N–H and O–H groups in total. The molecule has 0 aliphatic rings. The van der Waals surface area contributed by atoms with E-state index >= 15 is 0 Å². The lowest BCUT2D eigenvalue weighted by molar-refractivity contribution is -0.145. The van der Waals surface area contributed by atoms with E-state index in [1.807, 2.05) is 44.2 Å². The van der Waals surface area contributed by atoms with E-state index in [-0.39, 0.29) is 35.4 Å². The van der Waals surface area contributed by atoms with Gasteiger partial charge in [-0.2, -0.15) is 0 Å². The predicted molar refractivity (Wildman–Crippen MR) is 170 cm³/mol. The highest BCUT2D eigenvalue weighted by atomic mass is 79.9. The molecule has 0 radical (unpaired) electrons. The molecular weight excluding hydrogens is 698 g/mol. The Morgan fingerprint density at radius 1 is 0.756 bits per heavy atom. The number of carbonyl (C=O) groups excluding carboxylic acids is 1. The lowest BCUT2D eigenvalue weighted by Gasteiger charge is -2.21. The SMILES string of the molecule is CC.CC(C(=O)O)C(c1cccc(F)c1)c1ccc(Br)s1.COC(=O)C(C)C(c1cccc(F)c1)c1ccc(Br)s1. The lowest BCUT2D eigenvalue weighted by Crippen LogP contribution is -2.21. The van der Waals surface area contributed by atoms with Crippen molar-refractivity contribution in [3.05, 3.63) is 113 Å². The summed E-state index contributed by atoms with van der Waals surface area (Å²) in [7, 11) is 1.37. The van der Waals surface area contributed by atoms with Gasteiger partial charge in [-0.25, -0.2) is 8.78 Å². The Labute approximate surface area is 264 Å². The number of carboxylic acid groups (broad SMARTS) is 1. The third-order valence-electron chi connectivity index (χ3n) is 6.18. The number of hydrogen-bond acceptors (Lipinski definition) is 5. The monoisotopic (exact) mass is 728 g/mol. The van der Waals surface area contributed by atoms with Crippen molar-refractivity contribution in [3.8, 4) is 0 Å². The molecule has 0 saturated heterocycles. The van der Waals surface area contributed by atoms with Gasteiger partial charge in [0.2, 0.25) is 0 Å². The van der Waals surface area contributed by atoms with Gasteiger partial charge in [-0.15, -0.1) is 22.7 Å². The van der Waals surface area contributed by atoms with Crippen molar-refractivity contribution < 1.29 is 28.2 Å². The molecule has 0 saturated carbocycles. The number of rotatable bonds is 8. The average molecular weight is 731 g/mol. The number of thiophene rings is 2. The van der Waals surface area contributed by atoms with Gasteiger partial charge in [0.15, 0.2) is 0 Å². The number of aliphatic carboxylic acids is 1. The van der Waals surface area contributed by atoms with Crippen LogP contribution in [0.3, 0.4) is 0 Å². The molecule has 4 unspecified atom stereocenters. The molecule has 2 aromatic heterocycles. The van der Waals surface area contributed by atoms with Crippen molar-refractivity contribution in [3.63, 3.8) is 0 Å². The fraction of sp³-hybridized carbons (Fsp3) is 0.290. The quantitative estimate of drug-likeness (QED) is 0.183. The van der Waals surface area contributed by atoms with Crippen molar-refractivity contribution >= 4 is 66.5 Å². The first-order valence-corrected chi connectivity index (χ1v) is 16.1. The zero-order valence-corrected chi connectivity index (χ0v) is 28.0. The highest BCUT2D eigenvalue weighted by Crippen LogP contribution is 2.39. The summed E-state index contributed by atoms with van der Waals surface area (Å²) < 4.78 is 33.6. The Morgan fingerprint density at radius 3 is 1.49 bits per heavy atom. The largest absolute Gasteiger partial charge is 0.481 e. The van der Waals surface area contributed by atoms with Gasteiger partial charge < -0.3 is 9.84 Å². The number of carbonyl (C=O) groups is 2. The minimum atomic E-state index is -0.890. The molecule has 2 aromatic carbocycles. The number of halogens is 4. The van der Waals surface area contributed by atoms with E-state index in [2.05, 4.69) is 31.9 Å².